The first-order chi connectivity index (χ1) is 17.5. The highest BCUT2D eigenvalue weighted by Crippen LogP contribution is 2.23. The van der Waals surface area contributed by atoms with Gasteiger partial charge in [0.2, 0.25) is 5.95 Å². The lowest BCUT2D eigenvalue weighted by molar-refractivity contribution is 0.414. The van der Waals surface area contributed by atoms with Gasteiger partial charge in [-0.2, -0.15) is 4.98 Å². The molecule has 36 heavy (non-hydrogen) atoms. The monoisotopic (exact) mass is 487 g/mol. The molecule has 1 atom stereocenters. The summed E-state index contributed by atoms with van der Waals surface area (Å²) in [6.45, 7) is 1.66. The molecule has 182 valence electrons. The number of methoxy groups -OCH3 is 1. The van der Waals surface area contributed by atoms with E-state index in [1.165, 1.54) is 28.5 Å². The van der Waals surface area contributed by atoms with Crippen LogP contribution in [0.3, 0.4) is 0 Å². The van der Waals surface area contributed by atoms with Crippen LogP contribution in [0.5, 0.6) is 5.75 Å². The van der Waals surface area contributed by atoms with Crippen molar-refractivity contribution in [3.8, 4) is 11.4 Å². The van der Waals surface area contributed by atoms with E-state index in [0.717, 1.165) is 17.7 Å². The highest BCUT2D eigenvalue weighted by atomic mass is 19.1. The molecule has 0 saturated heterocycles. The van der Waals surface area contributed by atoms with Crippen LogP contribution in [0.15, 0.2) is 83.8 Å². The molecule has 9 heteroatoms. The van der Waals surface area contributed by atoms with Crippen LogP contribution in [0.1, 0.15) is 24.1 Å². The highest BCUT2D eigenvalue weighted by Gasteiger charge is 2.21. The second-order valence-electron chi connectivity index (χ2n) is 8.28. The second-order valence-corrected chi connectivity index (χ2v) is 8.28. The normalized spacial score (nSPS) is 12.0. The maximum Gasteiger partial charge on any atom is 0.335 e. The lowest BCUT2D eigenvalue weighted by atomic mass is 10.1. The summed E-state index contributed by atoms with van der Waals surface area (Å²) in [7, 11) is 1.53. The molecule has 0 spiro atoms. The molecule has 2 heterocycles. The zero-order valence-electron chi connectivity index (χ0n) is 19.7. The summed E-state index contributed by atoms with van der Waals surface area (Å²) in [5.41, 5.74) is 1.44. The topological polar surface area (TPSA) is 74.0 Å². The van der Waals surface area contributed by atoms with E-state index in [1.54, 1.807) is 24.3 Å². The molecule has 0 aliphatic carbocycles. The third kappa shape index (κ3) is 4.31. The maximum absolute atomic E-state index is 14.4. The van der Waals surface area contributed by atoms with Crippen LogP contribution in [-0.2, 0) is 6.54 Å². The van der Waals surface area contributed by atoms with Gasteiger partial charge in [-0.25, -0.2) is 23.1 Å². The first kappa shape index (κ1) is 23.2. The van der Waals surface area contributed by atoms with Crippen LogP contribution < -0.4 is 15.7 Å². The number of anilines is 1. The Balaban J connectivity index is 1.66. The Bertz CT molecular complexity index is 1580. The molecule has 0 aliphatic heterocycles. The van der Waals surface area contributed by atoms with Crippen LogP contribution in [0, 0.1) is 11.6 Å². The summed E-state index contributed by atoms with van der Waals surface area (Å²) < 4.78 is 36.9. The van der Waals surface area contributed by atoms with Gasteiger partial charge < -0.3 is 10.1 Å². The number of nitrogens with one attached hydrogen (secondary N) is 1. The van der Waals surface area contributed by atoms with E-state index in [2.05, 4.69) is 15.3 Å². The number of halogens is 2. The smallest absolute Gasteiger partial charge is 0.335 e. The van der Waals surface area contributed by atoms with Crippen LogP contribution in [-0.4, -0.2) is 26.2 Å². The van der Waals surface area contributed by atoms with E-state index in [4.69, 9.17) is 4.74 Å². The number of hydrogen-bond acceptors (Lipinski definition) is 5. The van der Waals surface area contributed by atoms with Crippen molar-refractivity contribution < 1.29 is 13.5 Å². The molecule has 0 radical (unpaired) electrons. The Morgan fingerprint density at radius 1 is 1.00 bits per heavy atom. The molecule has 2 aromatic heterocycles. The summed E-state index contributed by atoms with van der Waals surface area (Å²) in [6, 6.07) is 20.2. The summed E-state index contributed by atoms with van der Waals surface area (Å²) in [5, 5.41) is 3.26. The molecule has 0 fully saturated rings. The number of aromatic nitrogens is 4. The van der Waals surface area contributed by atoms with Crippen molar-refractivity contribution >= 4 is 17.1 Å². The molecule has 3 aromatic carbocycles. The molecule has 0 saturated carbocycles. The standard InChI is InChI=1S/C27H23F2N5O2/c1-17(18-8-4-3-5-9-18)31-26-30-15-24-25(32-26)34(19-10-6-11-20(14-19)36-2)27(35)33(24)16-21-22(28)12-7-13-23(21)29/h3-15,17H,16H2,1-2H3,(H,30,31,32)/t17-/m0/s1. The fourth-order valence-electron chi connectivity index (χ4n) is 4.10. The lowest BCUT2D eigenvalue weighted by Gasteiger charge is -2.14. The molecular formula is C27H23F2N5O2. The molecule has 0 bridgehead atoms. The van der Waals surface area contributed by atoms with Gasteiger partial charge in [-0.1, -0.05) is 42.5 Å². The number of ether oxygens (including phenoxy) is 1. The van der Waals surface area contributed by atoms with Gasteiger partial charge in [-0.05, 0) is 36.8 Å². The Morgan fingerprint density at radius 2 is 1.72 bits per heavy atom. The molecule has 0 aliphatic rings. The third-order valence-corrected chi connectivity index (χ3v) is 6.01. The van der Waals surface area contributed by atoms with Gasteiger partial charge >= 0.3 is 5.69 Å². The van der Waals surface area contributed by atoms with E-state index < -0.39 is 17.3 Å². The van der Waals surface area contributed by atoms with Crippen molar-refractivity contribution in [1.82, 2.24) is 19.1 Å². The van der Waals surface area contributed by atoms with Crippen molar-refractivity contribution in [2.75, 3.05) is 12.4 Å². The Labute approximate surface area is 205 Å². The van der Waals surface area contributed by atoms with Crippen molar-refractivity contribution in [2.45, 2.75) is 19.5 Å². The van der Waals surface area contributed by atoms with Crippen LogP contribution in [0.4, 0.5) is 14.7 Å². The van der Waals surface area contributed by atoms with Crippen molar-refractivity contribution in [3.63, 3.8) is 0 Å². The summed E-state index contributed by atoms with van der Waals surface area (Å²) in [5.74, 6) is -0.615. The first-order valence-electron chi connectivity index (χ1n) is 11.3. The average molecular weight is 488 g/mol. The minimum absolute atomic E-state index is 0.102. The Morgan fingerprint density at radius 3 is 2.44 bits per heavy atom. The predicted octanol–water partition coefficient (Wildman–Crippen LogP) is 5.09. The summed E-state index contributed by atoms with van der Waals surface area (Å²) >= 11 is 0. The van der Waals surface area contributed by atoms with Crippen molar-refractivity contribution in [1.29, 1.82) is 0 Å². The highest BCUT2D eigenvalue weighted by molar-refractivity contribution is 5.74. The van der Waals surface area contributed by atoms with Crippen LogP contribution >= 0.6 is 0 Å². The number of fused-ring (bicyclic) bond motifs is 1. The fraction of sp³-hybridized carbons (Fsp3) is 0.148. The van der Waals surface area contributed by atoms with E-state index >= 15 is 0 Å². The van der Waals surface area contributed by atoms with Gasteiger partial charge in [0.15, 0.2) is 5.65 Å². The quantitative estimate of drug-likeness (QED) is 0.346. The predicted molar refractivity (Wildman–Crippen MR) is 134 cm³/mol. The zero-order chi connectivity index (χ0) is 25.2. The van der Waals surface area contributed by atoms with E-state index in [-0.39, 0.29) is 18.2 Å². The average Bonchev–Trinajstić information content (AvgIpc) is 3.17. The number of nitrogens with zero attached hydrogens (tertiary/aromatic N) is 4. The number of imidazole rings is 1. The Kier molecular flexibility index (Phi) is 6.20. The van der Waals surface area contributed by atoms with Crippen LogP contribution in [0.25, 0.3) is 16.9 Å². The zero-order valence-corrected chi connectivity index (χ0v) is 19.7. The van der Waals surface area contributed by atoms with E-state index in [0.29, 0.717) is 28.5 Å². The molecule has 7 nitrogen and oxygen atoms in total. The molecule has 0 amide bonds. The molecule has 1 N–H and O–H groups in total. The largest absolute Gasteiger partial charge is 0.497 e. The molecular weight excluding hydrogens is 464 g/mol. The minimum atomic E-state index is -0.736. The number of benzene rings is 3. The molecule has 5 rings (SSSR count). The second kappa shape index (κ2) is 9.61. The Hall–Kier alpha value is -4.53. The SMILES string of the molecule is COc1cccc(-n2c(=O)n(Cc3c(F)cccc3F)c3cnc(N[C@@H](C)c4ccccc4)nc32)c1. The number of hydrogen-bond donors (Lipinski definition) is 1. The maximum atomic E-state index is 14.4. The minimum Gasteiger partial charge on any atom is -0.497 e. The number of rotatable bonds is 7. The third-order valence-electron chi connectivity index (χ3n) is 6.01. The van der Waals surface area contributed by atoms with Gasteiger partial charge in [0.05, 0.1) is 31.6 Å². The van der Waals surface area contributed by atoms with Crippen molar-refractivity contribution in [2.24, 2.45) is 0 Å². The van der Waals surface area contributed by atoms with Gasteiger partial charge in [0.25, 0.3) is 0 Å². The molecule has 0 unspecified atom stereocenters. The summed E-state index contributed by atoms with van der Waals surface area (Å²) in [6.07, 6.45) is 1.49. The van der Waals surface area contributed by atoms with Gasteiger partial charge in [0.1, 0.15) is 22.9 Å². The van der Waals surface area contributed by atoms with Gasteiger partial charge in [0, 0.05) is 11.6 Å². The van der Waals surface area contributed by atoms with Gasteiger partial charge in [-0.3, -0.25) is 4.57 Å². The fourth-order valence-corrected chi connectivity index (χ4v) is 4.10. The first-order valence-corrected chi connectivity index (χ1v) is 11.3. The van der Waals surface area contributed by atoms with E-state index in [9.17, 15) is 13.6 Å². The lowest BCUT2D eigenvalue weighted by Crippen LogP contribution is -2.24. The van der Waals surface area contributed by atoms with E-state index in [1.807, 2.05) is 37.3 Å². The van der Waals surface area contributed by atoms with Gasteiger partial charge in [-0.15, -0.1) is 0 Å². The van der Waals surface area contributed by atoms with Crippen molar-refractivity contribution in [3.05, 3.63) is 112 Å². The summed E-state index contributed by atoms with van der Waals surface area (Å²) in [4.78, 5) is 22.6. The molecule has 5 aromatic rings. The van der Waals surface area contributed by atoms with Crippen LogP contribution in [0.2, 0.25) is 0 Å².